The topological polar surface area (TPSA) is 0 Å². The van der Waals surface area contributed by atoms with Crippen LogP contribution in [0.15, 0.2) is 48.1 Å². The molecule has 0 aromatic heterocycles. The second kappa shape index (κ2) is 16.4. The maximum absolute atomic E-state index is 3.65. The summed E-state index contributed by atoms with van der Waals surface area (Å²) in [4.78, 5) is 0. The molecule has 0 aliphatic heterocycles. The zero-order valence-electron chi connectivity index (χ0n) is 30.5. The van der Waals surface area contributed by atoms with Crippen molar-refractivity contribution in [2.24, 2.45) is 5.41 Å². The van der Waals surface area contributed by atoms with Crippen LogP contribution in [0.1, 0.15) is 154 Å². The number of unbranched alkanes of at least 4 members (excludes halogenated alkanes) is 2. The minimum Gasteiger partial charge on any atom is -1.00 e. The van der Waals surface area contributed by atoms with Crippen molar-refractivity contribution < 1.29 is 49.0 Å². The first-order valence-corrected chi connectivity index (χ1v) is 18.3. The molecule has 46 heavy (non-hydrogen) atoms. The molecule has 0 spiro atoms. The van der Waals surface area contributed by atoms with E-state index in [-0.39, 0.29) is 35.6 Å². The SMILES string of the molecule is CC(C)(C)C1=CC[C-]=C1.CC1=[C-]C(C)(C)c2cc3c(cc21)-c1cc2c(cc1C3)C(C)(C)C=C2C.CCCC[C](=[Zr+2])CCCC.[Cl-].[Cl-]. The van der Waals surface area contributed by atoms with Crippen LogP contribution in [0.2, 0.25) is 0 Å². The Morgan fingerprint density at radius 2 is 1.35 bits per heavy atom. The van der Waals surface area contributed by atoms with E-state index >= 15 is 0 Å². The average Bonchev–Trinajstić information content (AvgIpc) is 3.70. The van der Waals surface area contributed by atoms with Gasteiger partial charge < -0.3 is 24.8 Å². The van der Waals surface area contributed by atoms with Crippen LogP contribution in [-0.2, 0) is 41.5 Å². The fourth-order valence-electron chi connectivity index (χ4n) is 7.10. The Kier molecular flexibility index (Phi) is 14.6. The smallest absolute Gasteiger partial charge is 1.00 e. The summed E-state index contributed by atoms with van der Waals surface area (Å²) in [5.41, 5.74) is 16.3. The van der Waals surface area contributed by atoms with Gasteiger partial charge in [-0.1, -0.05) is 84.4 Å². The van der Waals surface area contributed by atoms with Gasteiger partial charge in [0, 0.05) is 5.41 Å². The molecule has 0 nitrogen and oxygen atoms in total. The average molecular weight is 735 g/mol. The largest absolute Gasteiger partial charge is 1.00 e. The number of halogens is 2. The third-order valence-corrected chi connectivity index (χ3v) is 10.9. The molecule has 0 saturated heterocycles. The molecule has 2 aromatic rings. The van der Waals surface area contributed by atoms with Gasteiger partial charge in [0.25, 0.3) is 0 Å². The molecular weight excluding hydrogens is 679 g/mol. The number of hydrogen-bond acceptors (Lipinski definition) is 0. The molecular formula is C43H56Cl2Zr-2. The number of rotatable bonds is 6. The first-order chi connectivity index (χ1) is 20.6. The van der Waals surface area contributed by atoms with E-state index in [1.807, 2.05) is 0 Å². The molecule has 0 fully saturated rings. The molecule has 3 heteroatoms. The third-order valence-electron chi connectivity index (χ3n) is 9.66. The Bertz CT molecular complexity index is 1440. The van der Waals surface area contributed by atoms with E-state index in [0.29, 0.717) is 5.41 Å². The molecule has 0 saturated carbocycles. The van der Waals surface area contributed by atoms with Crippen LogP contribution >= 0.6 is 0 Å². The molecule has 0 heterocycles. The van der Waals surface area contributed by atoms with Crippen LogP contribution in [0.4, 0.5) is 0 Å². The van der Waals surface area contributed by atoms with E-state index in [4.69, 9.17) is 0 Å². The quantitative estimate of drug-likeness (QED) is 0.263. The van der Waals surface area contributed by atoms with Crippen molar-refractivity contribution in [3.8, 4) is 11.1 Å². The summed E-state index contributed by atoms with van der Waals surface area (Å²) in [5.74, 6) is 0. The molecule has 0 amide bonds. The standard InChI is InChI=1S/C25H25.C9H13.C9H18.2ClH.Zr/c1-14-12-24(3,4)22-8-16-7-17-9-23-19(15(2)13-25(23,5)6)11-21(17)20(16)10-18(14)22;1-9(2,3)8-6-4-5-7-8;1-3-5-7-9-8-6-4-2;;;/h8-12H,7H2,1-6H3;6-7H,4H2,1-3H3;3-8H2,1-2H3;2*1H;/q2*-1;;;;+2/p-2. The van der Waals surface area contributed by atoms with Gasteiger partial charge in [0.05, 0.1) is 0 Å². The predicted octanol–water partition coefficient (Wildman–Crippen LogP) is 6.27. The van der Waals surface area contributed by atoms with Gasteiger partial charge in [-0.25, -0.2) is 11.6 Å². The predicted molar refractivity (Wildman–Crippen MR) is 191 cm³/mol. The minimum absolute atomic E-state index is 0. The summed E-state index contributed by atoms with van der Waals surface area (Å²) in [6.07, 6.45) is 23.9. The van der Waals surface area contributed by atoms with Crippen molar-refractivity contribution in [3.63, 3.8) is 0 Å². The molecule has 0 N–H and O–H groups in total. The van der Waals surface area contributed by atoms with Crippen LogP contribution < -0.4 is 24.8 Å². The van der Waals surface area contributed by atoms with Crippen molar-refractivity contribution in [3.05, 3.63) is 93.6 Å². The van der Waals surface area contributed by atoms with Crippen molar-refractivity contribution in [2.45, 2.75) is 138 Å². The molecule has 0 atom stereocenters. The van der Waals surface area contributed by atoms with Gasteiger partial charge in [-0.05, 0) is 58.4 Å². The van der Waals surface area contributed by atoms with E-state index in [1.54, 1.807) is 27.4 Å². The zero-order valence-corrected chi connectivity index (χ0v) is 34.4. The molecule has 4 aliphatic rings. The second-order valence-electron chi connectivity index (χ2n) is 15.5. The molecule has 0 bridgehead atoms. The van der Waals surface area contributed by atoms with Gasteiger partial charge in [-0.3, -0.25) is 12.2 Å². The number of hydrogen-bond donors (Lipinski definition) is 0. The summed E-state index contributed by atoms with van der Waals surface area (Å²) in [5, 5.41) is 0. The van der Waals surface area contributed by atoms with Crippen LogP contribution in [0, 0.1) is 17.6 Å². The molecule has 6 rings (SSSR count). The molecule has 248 valence electrons. The van der Waals surface area contributed by atoms with E-state index < -0.39 is 0 Å². The fourth-order valence-corrected chi connectivity index (χ4v) is 7.97. The third kappa shape index (κ3) is 9.24. The maximum Gasteiger partial charge on any atom is -1.00 e. The number of allylic oxidation sites excluding steroid dienone is 8. The monoisotopic (exact) mass is 732 g/mol. The van der Waals surface area contributed by atoms with E-state index in [0.717, 1.165) is 12.8 Å². The minimum atomic E-state index is 0. The Hall–Kier alpha value is -1.27. The van der Waals surface area contributed by atoms with E-state index in [1.165, 1.54) is 99.8 Å². The molecule has 0 unspecified atom stereocenters. The first kappa shape index (κ1) is 40.9. The summed E-state index contributed by atoms with van der Waals surface area (Å²) >= 11 is 1.67. The van der Waals surface area contributed by atoms with Gasteiger partial charge >= 0.3 is 79.8 Å². The summed E-state index contributed by atoms with van der Waals surface area (Å²) in [6.45, 7) is 24.9. The Morgan fingerprint density at radius 3 is 1.83 bits per heavy atom. The van der Waals surface area contributed by atoms with E-state index in [9.17, 15) is 0 Å². The summed E-state index contributed by atoms with van der Waals surface area (Å²) < 4.78 is 1.79. The summed E-state index contributed by atoms with van der Waals surface area (Å²) in [7, 11) is 0. The summed E-state index contributed by atoms with van der Waals surface area (Å²) in [6, 6.07) is 9.81. The molecule has 4 aliphatic carbocycles. The van der Waals surface area contributed by atoms with Crippen molar-refractivity contribution in [2.75, 3.05) is 0 Å². The normalized spacial score (nSPS) is 16.9. The van der Waals surface area contributed by atoms with Gasteiger partial charge in [-0.2, -0.15) is 17.2 Å². The van der Waals surface area contributed by atoms with Crippen molar-refractivity contribution in [1.29, 1.82) is 0 Å². The van der Waals surface area contributed by atoms with Crippen LogP contribution in [0.3, 0.4) is 0 Å². The van der Waals surface area contributed by atoms with Crippen molar-refractivity contribution in [1.82, 2.24) is 0 Å². The Labute approximate surface area is 309 Å². The van der Waals surface area contributed by atoms with Crippen molar-refractivity contribution >= 4 is 14.4 Å². The van der Waals surface area contributed by atoms with Gasteiger partial charge in [0.1, 0.15) is 0 Å². The fraction of sp³-hybridized carbons (Fsp3) is 0.512. The molecule has 0 radical (unpaired) electrons. The number of fused-ring (bicyclic) bond motifs is 5. The van der Waals surface area contributed by atoms with E-state index in [2.05, 4.69) is 131 Å². The Morgan fingerprint density at radius 1 is 0.804 bits per heavy atom. The maximum atomic E-state index is 3.65. The van der Waals surface area contributed by atoms with Gasteiger partial charge in [0.15, 0.2) is 0 Å². The van der Waals surface area contributed by atoms with Gasteiger partial charge in [-0.15, -0.1) is 18.1 Å². The van der Waals surface area contributed by atoms with Crippen LogP contribution in [0.5, 0.6) is 0 Å². The van der Waals surface area contributed by atoms with Crippen LogP contribution in [-0.4, -0.2) is 3.21 Å². The zero-order chi connectivity index (χ0) is 32.4. The van der Waals surface area contributed by atoms with Crippen LogP contribution in [0.25, 0.3) is 22.3 Å². The Balaban J connectivity index is 0.000000294. The first-order valence-electron chi connectivity index (χ1n) is 17.1. The molecule has 2 aromatic carbocycles. The second-order valence-corrected chi connectivity index (χ2v) is 17.2. The number of benzene rings is 2. The van der Waals surface area contributed by atoms with Gasteiger partial charge in [0.2, 0.25) is 0 Å².